The molecule has 1 aromatic rings. The van der Waals surface area contributed by atoms with Gasteiger partial charge in [0, 0.05) is 0 Å². The zero-order valence-electron chi connectivity index (χ0n) is 7.87. The van der Waals surface area contributed by atoms with Crippen LogP contribution in [0.15, 0.2) is 24.3 Å². The van der Waals surface area contributed by atoms with Gasteiger partial charge < -0.3 is 5.11 Å². The molecular weight excluding hydrogens is 172 g/mol. The van der Waals surface area contributed by atoms with Gasteiger partial charge in [0.05, 0.1) is 0 Å². The molecule has 78 valence electrons. The zero-order valence-corrected chi connectivity index (χ0v) is 7.87. The Morgan fingerprint density at radius 3 is 2.07 bits per heavy atom. The first kappa shape index (κ1) is 11.1. The number of aromatic hydroxyl groups is 1. The minimum Gasteiger partial charge on any atom is -0.508 e. The van der Waals surface area contributed by atoms with Crippen LogP contribution in [0, 0.1) is 0 Å². The van der Waals surface area contributed by atoms with E-state index in [1.54, 1.807) is 12.1 Å². The third-order valence-corrected chi connectivity index (χ3v) is 2.97. The van der Waals surface area contributed by atoms with Gasteiger partial charge in [-0.2, -0.15) is 0 Å². The maximum atomic E-state index is 9.16. The largest absolute Gasteiger partial charge is 0.508 e. The molecule has 0 saturated heterocycles. The van der Waals surface area contributed by atoms with E-state index in [-0.39, 0.29) is 7.43 Å². The molecule has 1 aromatic carbocycles. The summed E-state index contributed by atoms with van der Waals surface area (Å²) in [6.45, 7) is 0. The highest BCUT2D eigenvalue weighted by Gasteiger charge is 2.14. The highest BCUT2D eigenvalue weighted by Crippen LogP contribution is 2.32. The van der Waals surface area contributed by atoms with Crippen LogP contribution >= 0.6 is 0 Å². The standard InChI is InChI=1S/C12H16O.CH4/c13-12-8-6-11(7-9-12)10-4-2-1-3-5-10;/h6-10,13H,1-5H2;1H4. The van der Waals surface area contributed by atoms with Gasteiger partial charge in [-0.1, -0.05) is 38.8 Å². The number of phenols is 1. The Morgan fingerprint density at radius 2 is 1.50 bits per heavy atom. The van der Waals surface area contributed by atoms with Gasteiger partial charge in [0.1, 0.15) is 5.75 Å². The lowest BCUT2D eigenvalue weighted by Crippen LogP contribution is -2.03. The average Bonchev–Trinajstić information content (AvgIpc) is 2.20. The summed E-state index contributed by atoms with van der Waals surface area (Å²) in [6.07, 6.45) is 6.78. The topological polar surface area (TPSA) is 20.2 Å². The summed E-state index contributed by atoms with van der Waals surface area (Å²) in [5, 5.41) is 9.16. The van der Waals surface area contributed by atoms with E-state index in [9.17, 15) is 0 Å². The van der Waals surface area contributed by atoms with Crippen molar-refractivity contribution in [2.75, 3.05) is 0 Å². The Bertz CT molecular complexity index is 257. The molecule has 0 aromatic heterocycles. The van der Waals surface area contributed by atoms with E-state index in [4.69, 9.17) is 5.11 Å². The lowest BCUT2D eigenvalue weighted by atomic mass is 9.84. The maximum absolute atomic E-state index is 9.16. The third-order valence-electron chi connectivity index (χ3n) is 2.97. The van der Waals surface area contributed by atoms with Crippen molar-refractivity contribution in [2.24, 2.45) is 0 Å². The normalized spacial score (nSPS) is 17.4. The van der Waals surface area contributed by atoms with Crippen molar-refractivity contribution in [3.8, 4) is 5.75 Å². The molecule has 1 N–H and O–H groups in total. The van der Waals surface area contributed by atoms with Crippen molar-refractivity contribution in [3.05, 3.63) is 29.8 Å². The smallest absolute Gasteiger partial charge is 0.115 e. The molecule has 0 aliphatic heterocycles. The fraction of sp³-hybridized carbons (Fsp3) is 0.538. The second kappa shape index (κ2) is 5.04. The molecule has 14 heavy (non-hydrogen) atoms. The number of benzene rings is 1. The van der Waals surface area contributed by atoms with Gasteiger partial charge in [-0.15, -0.1) is 0 Å². The number of rotatable bonds is 1. The van der Waals surface area contributed by atoms with Gasteiger partial charge in [0.15, 0.2) is 0 Å². The molecule has 1 fully saturated rings. The summed E-state index contributed by atoms with van der Waals surface area (Å²) in [5.41, 5.74) is 1.40. The molecule has 0 radical (unpaired) electrons. The first-order valence-corrected chi connectivity index (χ1v) is 5.15. The summed E-state index contributed by atoms with van der Waals surface area (Å²) in [4.78, 5) is 0. The molecule has 2 rings (SSSR count). The molecule has 0 heterocycles. The van der Waals surface area contributed by atoms with E-state index in [2.05, 4.69) is 12.1 Å². The Morgan fingerprint density at radius 1 is 0.929 bits per heavy atom. The zero-order chi connectivity index (χ0) is 9.10. The first-order valence-electron chi connectivity index (χ1n) is 5.15. The summed E-state index contributed by atoms with van der Waals surface area (Å²) in [6, 6.07) is 7.71. The van der Waals surface area contributed by atoms with E-state index >= 15 is 0 Å². The first-order chi connectivity index (χ1) is 6.36. The van der Waals surface area contributed by atoms with Crippen molar-refractivity contribution in [3.63, 3.8) is 0 Å². The Balaban J connectivity index is 0.000000980. The van der Waals surface area contributed by atoms with Crippen LogP contribution in [-0.2, 0) is 0 Å². The summed E-state index contributed by atoms with van der Waals surface area (Å²) in [5.74, 6) is 1.12. The maximum Gasteiger partial charge on any atom is 0.115 e. The summed E-state index contributed by atoms with van der Waals surface area (Å²) in [7, 11) is 0. The van der Waals surface area contributed by atoms with Gasteiger partial charge in [0.25, 0.3) is 0 Å². The number of hydrogen-bond acceptors (Lipinski definition) is 1. The van der Waals surface area contributed by atoms with Crippen LogP contribution in [0.3, 0.4) is 0 Å². The molecule has 0 unspecified atom stereocenters. The lowest BCUT2D eigenvalue weighted by molar-refractivity contribution is 0.442. The Kier molecular flexibility index (Phi) is 3.99. The lowest BCUT2D eigenvalue weighted by Gasteiger charge is -2.21. The van der Waals surface area contributed by atoms with Crippen LogP contribution in [0.1, 0.15) is 51.0 Å². The molecule has 1 aliphatic rings. The molecule has 0 spiro atoms. The second-order valence-electron chi connectivity index (χ2n) is 3.93. The summed E-state index contributed by atoms with van der Waals surface area (Å²) < 4.78 is 0. The number of hydrogen-bond donors (Lipinski definition) is 1. The molecule has 0 atom stereocenters. The van der Waals surface area contributed by atoms with Crippen LogP contribution in [0.4, 0.5) is 0 Å². The monoisotopic (exact) mass is 192 g/mol. The molecule has 1 saturated carbocycles. The Hall–Kier alpha value is -0.980. The van der Waals surface area contributed by atoms with E-state index < -0.39 is 0 Å². The fourth-order valence-corrected chi connectivity index (χ4v) is 2.18. The van der Waals surface area contributed by atoms with Crippen LogP contribution in [0.2, 0.25) is 0 Å². The van der Waals surface area contributed by atoms with Gasteiger partial charge in [0.2, 0.25) is 0 Å². The third kappa shape index (κ3) is 2.50. The van der Waals surface area contributed by atoms with Crippen molar-refractivity contribution in [1.82, 2.24) is 0 Å². The number of phenolic OH excluding ortho intramolecular Hbond substituents is 1. The molecular formula is C13H20O. The van der Waals surface area contributed by atoms with Gasteiger partial charge >= 0.3 is 0 Å². The van der Waals surface area contributed by atoms with E-state index in [0.717, 1.165) is 5.92 Å². The van der Waals surface area contributed by atoms with Gasteiger partial charge in [-0.3, -0.25) is 0 Å². The highest BCUT2D eigenvalue weighted by molar-refractivity contribution is 5.28. The predicted molar refractivity (Wildman–Crippen MR) is 60.7 cm³/mol. The molecule has 0 amide bonds. The van der Waals surface area contributed by atoms with Crippen molar-refractivity contribution in [1.29, 1.82) is 0 Å². The van der Waals surface area contributed by atoms with Crippen LogP contribution in [0.25, 0.3) is 0 Å². The molecule has 1 nitrogen and oxygen atoms in total. The van der Waals surface area contributed by atoms with Crippen molar-refractivity contribution >= 4 is 0 Å². The van der Waals surface area contributed by atoms with Crippen molar-refractivity contribution in [2.45, 2.75) is 45.4 Å². The quantitative estimate of drug-likeness (QED) is 0.711. The SMILES string of the molecule is C.Oc1ccc(C2CCCCC2)cc1. The molecule has 1 aliphatic carbocycles. The minimum absolute atomic E-state index is 0. The second-order valence-corrected chi connectivity index (χ2v) is 3.93. The van der Waals surface area contributed by atoms with Gasteiger partial charge in [-0.05, 0) is 36.5 Å². The van der Waals surface area contributed by atoms with E-state index in [1.807, 2.05) is 0 Å². The van der Waals surface area contributed by atoms with Crippen molar-refractivity contribution < 1.29 is 5.11 Å². The van der Waals surface area contributed by atoms with E-state index in [1.165, 1.54) is 37.7 Å². The fourth-order valence-electron chi connectivity index (χ4n) is 2.18. The minimum atomic E-state index is 0. The average molecular weight is 192 g/mol. The highest BCUT2D eigenvalue weighted by atomic mass is 16.3. The van der Waals surface area contributed by atoms with Crippen LogP contribution in [0.5, 0.6) is 5.75 Å². The van der Waals surface area contributed by atoms with Crippen LogP contribution in [-0.4, -0.2) is 5.11 Å². The molecule has 1 heteroatoms. The Labute approximate surface area is 86.8 Å². The predicted octanol–water partition coefficient (Wildman–Crippen LogP) is 4.08. The summed E-state index contributed by atoms with van der Waals surface area (Å²) >= 11 is 0. The molecule has 0 bridgehead atoms. The van der Waals surface area contributed by atoms with Crippen LogP contribution < -0.4 is 0 Å². The van der Waals surface area contributed by atoms with Gasteiger partial charge in [-0.25, -0.2) is 0 Å². The van der Waals surface area contributed by atoms with E-state index in [0.29, 0.717) is 5.75 Å².